The van der Waals surface area contributed by atoms with Gasteiger partial charge in [0.05, 0.1) is 0 Å². The predicted molar refractivity (Wildman–Crippen MR) is 55.3 cm³/mol. The van der Waals surface area contributed by atoms with Gasteiger partial charge in [-0.2, -0.15) is 0 Å². The summed E-state index contributed by atoms with van der Waals surface area (Å²) in [7, 11) is 0. The first-order chi connectivity index (χ1) is 5.79. The van der Waals surface area contributed by atoms with Crippen LogP contribution in [-0.2, 0) is 0 Å². The minimum Gasteiger partial charge on any atom is -0.0709 e. The standard InChI is InChI=1S/C10H8Cl2/c11-10(12)8-4-7-9-5-2-1-3-6-9/h1-8H/b7-4-. The average Bonchev–Trinajstić information content (AvgIpc) is 2.05. The number of hydrogen-bond acceptors (Lipinski definition) is 0. The Balaban J connectivity index is 2.64. The van der Waals surface area contributed by atoms with Crippen LogP contribution in [0.1, 0.15) is 5.56 Å². The van der Waals surface area contributed by atoms with E-state index in [0.29, 0.717) is 0 Å². The SMILES string of the molecule is ClC(Cl)=C/C=C\c1ccccc1. The van der Waals surface area contributed by atoms with Gasteiger partial charge in [0.1, 0.15) is 4.49 Å². The molecule has 0 aliphatic carbocycles. The molecule has 0 atom stereocenters. The highest BCUT2D eigenvalue weighted by Crippen LogP contribution is 2.07. The van der Waals surface area contributed by atoms with Crippen LogP contribution in [-0.4, -0.2) is 0 Å². The van der Waals surface area contributed by atoms with Gasteiger partial charge in [-0.1, -0.05) is 65.7 Å². The number of halogens is 2. The van der Waals surface area contributed by atoms with E-state index in [4.69, 9.17) is 23.2 Å². The molecule has 0 saturated heterocycles. The Hall–Kier alpha value is -0.720. The van der Waals surface area contributed by atoms with Crippen molar-refractivity contribution in [3.8, 4) is 0 Å². The molecule has 0 aromatic heterocycles. The molecule has 0 heterocycles. The number of hydrogen-bond donors (Lipinski definition) is 0. The quantitative estimate of drug-likeness (QED) is 0.631. The van der Waals surface area contributed by atoms with E-state index in [1.165, 1.54) is 0 Å². The Bertz CT molecular complexity index is 282. The maximum Gasteiger partial charge on any atom is 0.106 e. The number of allylic oxidation sites excluding steroid dienone is 2. The third-order valence-electron chi connectivity index (χ3n) is 1.31. The van der Waals surface area contributed by atoms with E-state index in [1.807, 2.05) is 42.5 Å². The normalized spacial score (nSPS) is 10.2. The van der Waals surface area contributed by atoms with Crippen molar-refractivity contribution < 1.29 is 0 Å². The maximum atomic E-state index is 5.42. The molecule has 0 unspecified atom stereocenters. The molecule has 0 amide bonds. The third-order valence-corrected chi connectivity index (χ3v) is 1.56. The molecule has 0 saturated carbocycles. The second-order valence-electron chi connectivity index (χ2n) is 2.23. The Morgan fingerprint density at radius 1 is 1.08 bits per heavy atom. The van der Waals surface area contributed by atoms with Crippen LogP contribution in [0.5, 0.6) is 0 Å². The van der Waals surface area contributed by atoms with Gasteiger partial charge in [-0.3, -0.25) is 0 Å². The van der Waals surface area contributed by atoms with Gasteiger partial charge in [0.25, 0.3) is 0 Å². The Kier molecular flexibility index (Phi) is 3.92. The van der Waals surface area contributed by atoms with Gasteiger partial charge >= 0.3 is 0 Å². The first-order valence-electron chi connectivity index (χ1n) is 3.53. The molecule has 1 aromatic carbocycles. The summed E-state index contributed by atoms with van der Waals surface area (Å²) in [4.78, 5) is 0. The summed E-state index contributed by atoms with van der Waals surface area (Å²) in [6, 6.07) is 9.94. The van der Waals surface area contributed by atoms with E-state index in [1.54, 1.807) is 6.08 Å². The zero-order valence-corrected chi connectivity index (χ0v) is 7.89. The topological polar surface area (TPSA) is 0 Å². The van der Waals surface area contributed by atoms with Crippen molar-refractivity contribution >= 4 is 29.3 Å². The highest BCUT2D eigenvalue weighted by Gasteiger charge is 1.81. The fraction of sp³-hybridized carbons (Fsp3) is 0. The maximum absolute atomic E-state index is 5.42. The molecule has 0 spiro atoms. The van der Waals surface area contributed by atoms with E-state index in [0.717, 1.165) is 5.56 Å². The summed E-state index contributed by atoms with van der Waals surface area (Å²) in [5.74, 6) is 0. The lowest BCUT2D eigenvalue weighted by molar-refractivity contribution is 1.66. The Labute approximate surface area is 82.1 Å². The van der Waals surface area contributed by atoms with Crippen molar-refractivity contribution in [3.63, 3.8) is 0 Å². The van der Waals surface area contributed by atoms with Gasteiger partial charge in [-0.05, 0) is 11.6 Å². The lowest BCUT2D eigenvalue weighted by Crippen LogP contribution is -1.66. The Morgan fingerprint density at radius 3 is 2.33 bits per heavy atom. The molecule has 0 radical (unpaired) electrons. The van der Waals surface area contributed by atoms with Gasteiger partial charge in [0.15, 0.2) is 0 Å². The van der Waals surface area contributed by atoms with Gasteiger partial charge in [0, 0.05) is 0 Å². The molecule has 2 heteroatoms. The smallest absolute Gasteiger partial charge is 0.0709 e. The molecule has 1 rings (SSSR count). The highest BCUT2D eigenvalue weighted by atomic mass is 35.5. The molecule has 12 heavy (non-hydrogen) atoms. The average molecular weight is 199 g/mol. The summed E-state index contributed by atoms with van der Waals surface area (Å²) in [6.07, 6.45) is 5.38. The van der Waals surface area contributed by atoms with Crippen LogP contribution in [0.3, 0.4) is 0 Å². The van der Waals surface area contributed by atoms with Crippen molar-refractivity contribution in [1.82, 2.24) is 0 Å². The molecular formula is C10H8Cl2. The molecule has 0 nitrogen and oxygen atoms in total. The van der Waals surface area contributed by atoms with E-state index >= 15 is 0 Å². The van der Waals surface area contributed by atoms with Crippen LogP contribution >= 0.6 is 23.2 Å². The number of rotatable bonds is 2. The van der Waals surface area contributed by atoms with Crippen LogP contribution in [0.15, 0.2) is 47.0 Å². The Morgan fingerprint density at radius 2 is 1.75 bits per heavy atom. The van der Waals surface area contributed by atoms with Crippen molar-refractivity contribution in [2.45, 2.75) is 0 Å². The molecule has 0 N–H and O–H groups in total. The monoisotopic (exact) mass is 198 g/mol. The summed E-state index contributed by atoms with van der Waals surface area (Å²) in [5.41, 5.74) is 1.13. The van der Waals surface area contributed by atoms with E-state index in [2.05, 4.69) is 0 Å². The van der Waals surface area contributed by atoms with Gasteiger partial charge in [-0.15, -0.1) is 0 Å². The van der Waals surface area contributed by atoms with Crippen LogP contribution in [0, 0.1) is 0 Å². The summed E-state index contributed by atoms with van der Waals surface area (Å²) in [6.45, 7) is 0. The molecule has 62 valence electrons. The van der Waals surface area contributed by atoms with Crippen LogP contribution in [0.4, 0.5) is 0 Å². The van der Waals surface area contributed by atoms with Crippen LogP contribution in [0.2, 0.25) is 0 Å². The molecule has 0 fully saturated rings. The largest absolute Gasteiger partial charge is 0.106 e. The van der Waals surface area contributed by atoms with Crippen LogP contribution < -0.4 is 0 Å². The molecular weight excluding hydrogens is 191 g/mol. The van der Waals surface area contributed by atoms with E-state index in [-0.39, 0.29) is 4.49 Å². The first kappa shape index (κ1) is 9.37. The van der Waals surface area contributed by atoms with Gasteiger partial charge < -0.3 is 0 Å². The van der Waals surface area contributed by atoms with Crippen molar-refractivity contribution in [2.75, 3.05) is 0 Å². The number of benzene rings is 1. The summed E-state index contributed by atoms with van der Waals surface area (Å²) < 4.78 is 0.266. The highest BCUT2D eigenvalue weighted by molar-refractivity contribution is 6.56. The second kappa shape index (κ2) is 5.02. The predicted octanol–water partition coefficient (Wildman–Crippen LogP) is 4.02. The minimum atomic E-state index is 0.266. The third kappa shape index (κ3) is 3.61. The fourth-order valence-corrected chi connectivity index (χ4v) is 0.942. The summed E-state index contributed by atoms with van der Waals surface area (Å²) in [5, 5.41) is 0. The zero-order valence-electron chi connectivity index (χ0n) is 6.37. The van der Waals surface area contributed by atoms with Crippen molar-refractivity contribution in [2.24, 2.45) is 0 Å². The summed E-state index contributed by atoms with van der Waals surface area (Å²) >= 11 is 10.8. The lowest BCUT2D eigenvalue weighted by Gasteiger charge is -1.88. The van der Waals surface area contributed by atoms with Crippen molar-refractivity contribution in [3.05, 3.63) is 52.5 Å². The second-order valence-corrected chi connectivity index (χ2v) is 3.23. The van der Waals surface area contributed by atoms with Gasteiger partial charge in [-0.25, -0.2) is 0 Å². The molecule has 0 bridgehead atoms. The molecule has 1 aromatic rings. The first-order valence-corrected chi connectivity index (χ1v) is 4.29. The van der Waals surface area contributed by atoms with E-state index in [9.17, 15) is 0 Å². The fourth-order valence-electron chi connectivity index (χ4n) is 0.796. The van der Waals surface area contributed by atoms with Crippen molar-refractivity contribution in [1.29, 1.82) is 0 Å². The zero-order chi connectivity index (χ0) is 8.81. The molecule has 0 aliphatic heterocycles. The van der Waals surface area contributed by atoms with Gasteiger partial charge in [0.2, 0.25) is 0 Å². The van der Waals surface area contributed by atoms with Crippen LogP contribution in [0.25, 0.3) is 6.08 Å². The molecule has 0 aliphatic rings. The lowest BCUT2D eigenvalue weighted by atomic mass is 10.2. The van der Waals surface area contributed by atoms with E-state index < -0.39 is 0 Å². The minimum absolute atomic E-state index is 0.266.